The minimum absolute atomic E-state index is 0.0000601. The second-order valence-corrected chi connectivity index (χ2v) is 5.69. The van der Waals surface area contributed by atoms with Gasteiger partial charge in [0.2, 0.25) is 0 Å². The molecule has 7 nitrogen and oxygen atoms in total. The van der Waals surface area contributed by atoms with Crippen LogP contribution in [0.25, 0.3) is 0 Å². The van der Waals surface area contributed by atoms with Gasteiger partial charge in [0.25, 0.3) is 5.91 Å². The highest BCUT2D eigenvalue weighted by Gasteiger charge is 2.13. The zero-order chi connectivity index (χ0) is 18.8. The Morgan fingerprint density at radius 2 is 1.76 bits per heavy atom. The summed E-state index contributed by atoms with van der Waals surface area (Å²) >= 11 is 0. The molecule has 0 saturated heterocycles. The predicted molar refractivity (Wildman–Crippen MR) is 92.3 cm³/mol. The lowest BCUT2D eigenvalue weighted by molar-refractivity contribution is -0.148. The van der Waals surface area contributed by atoms with Crippen molar-refractivity contribution >= 4 is 23.7 Å². The number of ether oxygens (including phenoxy) is 1. The van der Waals surface area contributed by atoms with Gasteiger partial charge in [-0.25, -0.2) is 4.79 Å². The van der Waals surface area contributed by atoms with Crippen molar-refractivity contribution < 1.29 is 23.9 Å². The van der Waals surface area contributed by atoms with E-state index in [-0.39, 0.29) is 18.6 Å². The molecule has 7 heteroatoms. The van der Waals surface area contributed by atoms with Crippen LogP contribution in [0.2, 0.25) is 0 Å². The highest BCUT2D eigenvalue weighted by Crippen LogP contribution is 2.12. The van der Waals surface area contributed by atoms with Crippen LogP contribution < -0.4 is 10.6 Å². The number of ketones is 1. The van der Waals surface area contributed by atoms with E-state index in [1.165, 1.54) is 0 Å². The van der Waals surface area contributed by atoms with Crippen LogP contribution in [0.15, 0.2) is 18.2 Å². The van der Waals surface area contributed by atoms with E-state index in [2.05, 4.69) is 5.32 Å². The minimum atomic E-state index is -0.720. The summed E-state index contributed by atoms with van der Waals surface area (Å²) in [6, 6.07) is 4.73. The Labute approximate surface area is 147 Å². The van der Waals surface area contributed by atoms with E-state index in [0.29, 0.717) is 12.1 Å². The van der Waals surface area contributed by atoms with E-state index in [0.717, 1.165) is 17.5 Å². The Balaban J connectivity index is 2.32. The molecular weight excluding hydrogens is 324 g/mol. The van der Waals surface area contributed by atoms with Crippen LogP contribution in [0.5, 0.6) is 0 Å². The number of Topliss-reactive ketones (excluding diaryl/α,β-unsaturated/α-hetero) is 1. The van der Waals surface area contributed by atoms with Crippen LogP contribution in [-0.4, -0.2) is 36.8 Å². The molecule has 0 radical (unpaired) electrons. The molecule has 1 rings (SSSR count). The van der Waals surface area contributed by atoms with E-state index in [1.54, 1.807) is 12.1 Å². The first-order valence-corrected chi connectivity index (χ1v) is 8.17. The standard InChI is InChI=1S/C18H24N2O5/c1-4-9-19-18(24)20-16(22)11-25-17(23)8-7-15(21)14-6-5-12(2)13(3)10-14/h5-6,10H,4,7-9,11H2,1-3H3,(H2,19,20,22,24). The van der Waals surface area contributed by atoms with Crippen molar-refractivity contribution in [1.29, 1.82) is 0 Å². The number of rotatable bonds is 8. The number of benzene rings is 1. The molecular formula is C18H24N2O5. The quantitative estimate of drug-likeness (QED) is 0.553. The number of esters is 1. The van der Waals surface area contributed by atoms with Crippen molar-refractivity contribution in [2.75, 3.05) is 13.2 Å². The van der Waals surface area contributed by atoms with E-state index >= 15 is 0 Å². The summed E-state index contributed by atoms with van der Waals surface area (Å²) < 4.78 is 4.76. The van der Waals surface area contributed by atoms with Crippen LogP contribution >= 0.6 is 0 Å². The average Bonchev–Trinajstić information content (AvgIpc) is 2.58. The summed E-state index contributed by atoms with van der Waals surface area (Å²) in [7, 11) is 0. The van der Waals surface area contributed by atoms with Crippen molar-refractivity contribution in [2.24, 2.45) is 0 Å². The molecule has 0 aliphatic heterocycles. The molecule has 1 aromatic carbocycles. The SMILES string of the molecule is CCCNC(=O)NC(=O)COC(=O)CCC(=O)c1ccc(C)c(C)c1. The normalized spacial score (nSPS) is 10.0. The lowest BCUT2D eigenvalue weighted by atomic mass is 10.0. The molecule has 0 aliphatic carbocycles. The van der Waals surface area contributed by atoms with Crippen molar-refractivity contribution in [2.45, 2.75) is 40.0 Å². The molecule has 1 aromatic rings. The maximum absolute atomic E-state index is 12.1. The fraction of sp³-hybridized carbons (Fsp3) is 0.444. The summed E-state index contributed by atoms with van der Waals surface area (Å²) in [6.45, 7) is 5.63. The molecule has 0 aliphatic rings. The van der Waals surface area contributed by atoms with Crippen molar-refractivity contribution in [3.8, 4) is 0 Å². The van der Waals surface area contributed by atoms with Crippen LogP contribution in [0, 0.1) is 13.8 Å². The first kappa shape index (κ1) is 20.3. The predicted octanol–water partition coefficient (Wildman–Crippen LogP) is 2.05. The second kappa shape index (κ2) is 10.2. The largest absolute Gasteiger partial charge is 0.456 e. The Kier molecular flexibility index (Phi) is 8.32. The topological polar surface area (TPSA) is 102 Å². The Hall–Kier alpha value is -2.70. The van der Waals surface area contributed by atoms with Crippen molar-refractivity contribution in [3.05, 3.63) is 34.9 Å². The van der Waals surface area contributed by atoms with Gasteiger partial charge in [0, 0.05) is 18.5 Å². The molecule has 136 valence electrons. The second-order valence-electron chi connectivity index (χ2n) is 5.69. The minimum Gasteiger partial charge on any atom is -0.456 e. The third-order valence-electron chi connectivity index (χ3n) is 3.54. The highest BCUT2D eigenvalue weighted by atomic mass is 16.5. The number of aryl methyl sites for hydroxylation is 2. The summed E-state index contributed by atoms with van der Waals surface area (Å²) in [5, 5.41) is 4.50. The van der Waals surface area contributed by atoms with Gasteiger partial charge in [-0.3, -0.25) is 19.7 Å². The lowest BCUT2D eigenvalue weighted by Crippen LogP contribution is -2.41. The molecule has 0 heterocycles. The van der Waals surface area contributed by atoms with Crippen LogP contribution in [0.3, 0.4) is 0 Å². The molecule has 0 unspecified atom stereocenters. The monoisotopic (exact) mass is 348 g/mol. The number of imide groups is 1. The maximum atomic E-state index is 12.1. The molecule has 0 saturated carbocycles. The molecule has 25 heavy (non-hydrogen) atoms. The Morgan fingerprint density at radius 3 is 2.40 bits per heavy atom. The van der Waals surface area contributed by atoms with Gasteiger partial charge in [0.15, 0.2) is 12.4 Å². The van der Waals surface area contributed by atoms with E-state index in [4.69, 9.17) is 4.74 Å². The van der Waals surface area contributed by atoms with Crippen molar-refractivity contribution in [1.82, 2.24) is 10.6 Å². The number of hydrogen-bond donors (Lipinski definition) is 2. The van der Waals surface area contributed by atoms with Crippen molar-refractivity contribution in [3.63, 3.8) is 0 Å². The first-order valence-electron chi connectivity index (χ1n) is 8.17. The molecule has 3 amide bonds. The maximum Gasteiger partial charge on any atom is 0.321 e. The smallest absolute Gasteiger partial charge is 0.321 e. The van der Waals surface area contributed by atoms with Gasteiger partial charge in [-0.2, -0.15) is 0 Å². The van der Waals surface area contributed by atoms with Crippen LogP contribution in [0.4, 0.5) is 4.79 Å². The molecule has 0 spiro atoms. The average molecular weight is 348 g/mol. The number of carbonyl (C=O) groups excluding carboxylic acids is 4. The number of nitrogens with one attached hydrogen (secondary N) is 2. The summed E-state index contributed by atoms with van der Waals surface area (Å²) in [6.07, 6.45) is 0.617. The summed E-state index contributed by atoms with van der Waals surface area (Å²) in [5.41, 5.74) is 2.64. The third-order valence-corrected chi connectivity index (χ3v) is 3.54. The highest BCUT2D eigenvalue weighted by molar-refractivity contribution is 5.98. The van der Waals surface area contributed by atoms with Crippen LogP contribution in [-0.2, 0) is 14.3 Å². The fourth-order valence-corrected chi connectivity index (χ4v) is 1.94. The van der Waals surface area contributed by atoms with Gasteiger partial charge in [-0.15, -0.1) is 0 Å². The summed E-state index contributed by atoms with van der Waals surface area (Å²) in [4.78, 5) is 46.3. The number of urea groups is 1. The van der Waals surface area contributed by atoms with Gasteiger partial charge < -0.3 is 10.1 Å². The molecule has 2 N–H and O–H groups in total. The summed E-state index contributed by atoms with van der Waals surface area (Å²) in [5.74, 6) is -1.55. The van der Waals surface area contributed by atoms with Gasteiger partial charge in [-0.05, 0) is 37.5 Å². The molecule has 0 fully saturated rings. The number of hydrogen-bond acceptors (Lipinski definition) is 5. The van der Waals surface area contributed by atoms with E-state index < -0.39 is 24.5 Å². The zero-order valence-electron chi connectivity index (χ0n) is 14.8. The van der Waals surface area contributed by atoms with Gasteiger partial charge in [0.1, 0.15) is 0 Å². The Bertz CT molecular complexity index is 655. The fourth-order valence-electron chi connectivity index (χ4n) is 1.94. The molecule has 0 atom stereocenters. The van der Waals surface area contributed by atoms with Gasteiger partial charge in [0.05, 0.1) is 6.42 Å². The lowest BCUT2D eigenvalue weighted by Gasteiger charge is -2.07. The molecule has 0 aromatic heterocycles. The van der Waals surface area contributed by atoms with Gasteiger partial charge >= 0.3 is 12.0 Å². The third kappa shape index (κ3) is 7.60. The van der Waals surface area contributed by atoms with E-state index in [1.807, 2.05) is 32.2 Å². The van der Waals surface area contributed by atoms with E-state index in [9.17, 15) is 19.2 Å². The van der Waals surface area contributed by atoms with Gasteiger partial charge in [-0.1, -0.05) is 19.1 Å². The Morgan fingerprint density at radius 1 is 1.04 bits per heavy atom. The van der Waals surface area contributed by atoms with Crippen LogP contribution in [0.1, 0.15) is 47.7 Å². The number of carbonyl (C=O) groups is 4. The molecule has 0 bridgehead atoms. The number of amides is 3. The first-order chi connectivity index (χ1) is 11.8. The zero-order valence-corrected chi connectivity index (χ0v) is 14.8.